The number of rotatable bonds is 4. The van der Waals surface area contributed by atoms with Gasteiger partial charge in [0.2, 0.25) is 0 Å². The van der Waals surface area contributed by atoms with E-state index >= 15 is 0 Å². The normalized spacial score (nSPS) is 10.4. The number of hydrogen-bond donors (Lipinski definition) is 1. The molecule has 0 aromatic rings. The number of aliphatic carboxylic acids is 1. The SMILES string of the molecule is O=CO/C=C\C=C/C(=O)O. The first-order chi connectivity index (χ1) is 4.77. The van der Waals surface area contributed by atoms with E-state index in [1.54, 1.807) is 0 Å². The highest BCUT2D eigenvalue weighted by atomic mass is 16.5. The smallest absolute Gasteiger partial charge is 0.328 e. The fraction of sp³-hybridized carbons (Fsp3) is 0. The fourth-order valence-corrected chi connectivity index (χ4v) is 0.261. The van der Waals surface area contributed by atoms with Gasteiger partial charge in [-0.25, -0.2) is 4.79 Å². The number of carboxylic acid groups (broad SMARTS) is 1. The Balaban J connectivity index is 3.51. The molecule has 0 atom stereocenters. The van der Waals surface area contributed by atoms with Crippen LogP contribution in [0, 0.1) is 0 Å². The standard InChI is InChI=1S/C6H6O4/c7-5-10-4-2-1-3-6(8)9/h1-5H,(H,8,9)/b3-1-,4-2-. The molecule has 0 aromatic heterocycles. The van der Waals surface area contributed by atoms with Gasteiger partial charge in [0, 0.05) is 6.08 Å². The van der Waals surface area contributed by atoms with E-state index in [4.69, 9.17) is 5.11 Å². The van der Waals surface area contributed by atoms with Crippen molar-refractivity contribution in [3.05, 3.63) is 24.5 Å². The fourth-order valence-electron chi connectivity index (χ4n) is 0.261. The molecule has 0 saturated heterocycles. The predicted molar refractivity (Wildman–Crippen MR) is 33.1 cm³/mol. The van der Waals surface area contributed by atoms with Crippen LogP contribution in [0.5, 0.6) is 0 Å². The molecule has 10 heavy (non-hydrogen) atoms. The molecule has 0 aliphatic heterocycles. The van der Waals surface area contributed by atoms with Gasteiger partial charge in [-0.15, -0.1) is 0 Å². The maximum atomic E-state index is 9.80. The summed E-state index contributed by atoms with van der Waals surface area (Å²) in [6.45, 7) is 0.241. The van der Waals surface area contributed by atoms with Gasteiger partial charge in [0.05, 0.1) is 6.26 Å². The second kappa shape index (κ2) is 5.55. The van der Waals surface area contributed by atoms with Gasteiger partial charge in [-0.2, -0.15) is 0 Å². The minimum Gasteiger partial charge on any atom is -0.478 e. The molecule has 0 bridgehead atoms. The van der Waals surface area contributed by atoms with Gasteiger partial charge in [-0.1, -0.05) is 6.08 Å². The Morgan fingerprint density at radius 2 is 2.10 bits per heavy atom. The first-order valence-electron chi connectivity index (χ1n) is 2.42. The van der Waals surface area contributed by atoms with Crippen molar-refractivity contribution in [3.63, 3.8) is 0 Å². The highest BCUT2D eigenvalue weighted by Gasteiger charge is 1.79. The van der Waals surface area contributed by atoms with Crippen molar-refractivity contribution in [2.24, 2.45) is 0 Å². The van der Waals surface area contributed by atoms with E-state index in [0.717, 1.165) is 12.3 Å². The molecule has 0 heterocycles. The molecule has 0 saturated carbocycles. The lowest BCUT2D eigenvalue weighted by atomic mass is 10.5. The third-order valence-corrected chi connectivity index (χ3v) is 0.563. The van der Waals surface area contributed by atoms with Gasteiger partial charge in [-0.3, -0.25) is 4.79 Å². The van der Waals surface area contributed by atoms with Crippen LogP contribution >= 0.6 is 0 Å². The van der Waals surface area contributed by atoms with Gasteiger partial charge >= 0.3 is 5.97 Å². The summed E-state index contributed by atoms with van der Waals surface area (Å²) >= 11 is 0. The Kier molecular flexibility index (Phi) is 4.68. The molecule has 0 amide bonds. The minimum absolute atomic E-state index is 0.241. The lowest BCUT2D eigenvalue weighted by Crippen LogP contribution is -1.84. The zero-order chi connectivity index (χ0) is 7.82. The van der Waals surface area contributed by atoms with Crippen molar-refractivity contribution in [3.8, 4) is 0 Å². The summed E-state index contributed by atoms with van der Waals surface area (Å²) in [5, 5.41) is 8.04. The Hall–Kier alpha value is -1.58. The predicted octanol–water partition coefficient (Wildman–Crippen LogP) is 0.314. The summed E-state index contributed by atoms with van der Waals surface area (Å²) < 4.78 is 4.11. The minimum atomic E-state index is -1.05. The average molecular weight is 142 g/mol. The Labute approximate surface area is 57.4 Å². The summed E-state index contributed by atoms with van der Waals surface area (Å²) in [6, 6.07) is 0. The van der Waals surface area contributed by atoms with Crippen molar-refractivity contribution in [2.75, 3.05) is 0 Å². The van der Waals surface area contributed by atoms with E-state index in [1.165, 1.54) is 12.2 Å². The first-order valence-corrected chi connectivity index (χ1v) is 2.42. The monoisotopic (exact) mass is 142 g/mol. The first kappa shape index (κ1) is 8.42. The molecule has 0 rings (SSSR count). The molecule has 0 aliphatic rings. The topological polar surface area (TPSA) is 63.6 Å². The summed E-state index contributed by atoms with van der Waals surface area (Å²) in [4.78, 5) is 19.3. The highest BCUT2D eigenvalue weighted by molar-refractivity contribution is 5.80. The van der Waals surface area contributed by atoms with Crippen LogP contribution in [-0.2, 0) is 14.3 Å². The summed E-state index contributed by atoms with van der Waals surface area (Å²) in [5.41, 5.74) is 0. The number of ether oxygens (including phenoxy) is 1. The van der Waals surface area contributed by atoms with E-state index in [2.05, 4.69) is 4.74 Å². The van der Waals surface area contributed by atoms with Crippen molar-refractivity contribution >= 4 is 12.4 Å². The third kappa shape index (κ3) is 6.42. The van der Waals surface area contributed by atoms with Crippen molar-refractivity contribution in [2.45, 2.75) is 0 Å². The average Bonchev–Trinajstić information content (AvgIpc) is 1.87. The van der Waals surface area contributed by atoms with Gasteiger partial charge in [0.25, 0.3) is 6.47 Å². The highest BCUT2D eigenvalue weighted by Crippen LogP contribution is 1.77. The summed E-state index contributed by atoms with van der Waals surface area (Å²) in [5.74, 6) is -1.05. The Morgan fingerprint density at radius 1 is 1.40 bits per heavy atom. The maximum absolute atomic E-state index is 9.80. The van der Waals surface area contributed by atoms with Gasteiger partial charge in [0.15, 0.2) is 0 Å². The molecule has 4 nitrogen and oxygen atoms in total. The quantitative estimate of drug-likeness (QED) is 0.265. The third-order valence-electron chi connectivity index (χ3n) is 0.563. The van der Waals surface area contributed by atoms with E-state index in [0.29, 0.717) is 0 Å². The van der Waals surface area contributed by atoms with Gasteiger partial charge < -0.3 is 9.84 Å². The van der Waals surface area contributed by atoms with Crippen LogP contribution in [0.25, 0.3) is 0 Å². The van der Waals surface area contributed by atoms with E-state index in [9.17, 15) is 9.59 Å². The molecule has 4 heteroatoms. The molecule has 0 spiro atoms. The molecule has 54 valence electrons. The summed E-state index contributed by atoms with van der Waals surface area (Å²) in [6.07, 6.45) is 4.53. The largest absolute Gasteiger partial charge is 0.478 e. The van der Waals surface area contributed by atoms with Crippen LogP contribution in [0.2, 0.25) is 0 Å². The molecule has 0 aliphatic carbocycles. The number of carboxylic acids is 1. The summed E-state index contributed by atoms with van der Waals surface area (Å²) in [7, 11) is 0. The molecule has 0 radical (unpaired) electrons. The molecule has 0 aromatic carbocycles. The molecular weight excluding hydrogens is 136 g/mol. The molecule has 0 unspecified atom stereocenters. The Morgan fingerprint density at radius 3 is 2.60 bits per heavy atom. The second-order valence-corrected chi connectivity index (χ2v) is 1.26. The van der Waals surface area contributed by atoms with Crippen LogP contribution in [-0.4, -0.2) is 17.5 Å². The number of carbonyl (C=O) groups excluding carboxylic acids is 1. The molecule has 1 N–H and O–H groups in total. The lowest BCUT2D eigenvalue weighted by Gasteiger charge is -1.78. The Bertz CT molecular complexity index is 169. The van der Waals surface area contributed by atoms with Crippen LogP contribution in [0.3, 0.4) is 0 Å². The maximum Gasteiger partial charge on any atom is 0.328 e. The van der Waals surface area contributed by atoms with E-state index < -0.39 is 5.97 Å². The van der Waals surface area contributed by atoms with Crippen LogP contribution in [0.4, 0.5) is 0 Å². The van der Waals surface area contributed by atoms with Crippen LogP contribution < -0.4 is 0 Å². The zero-order valence-corrected chi connectivity index (χ0v) is 5.06. The second-order valence-electron chi connectivity index (χ2n) is 1.26. The van der Waals surface area contributed by atoms with Gasteiger partial charge in [0.1, 0.15) is 0 Å². The van der Waals surface area contributed by atoms with Crippen molar-refractivity contribution in [1.29, 1.82) is 0 Å². The van der Waals surface area contributed by atoms with Gasteiger partial charge in [-0.05, 0) is 6.08 Å². The van der Waals surface area contributed by atoms with E-state index in [1.807, 2.05) is 0 Å². The number of allylic oxidation sites excluding steroid dienone is 2. The number of carbonyl (C=O) groups is 2. The molecule has 0 fully saturated rings. The zero-order valence-electron chi connectivity index (χ0n) is 5.06. The van der Waals surface area contributed by atoms with Crippen molar-refractivity contribution in [1.82, 2.24) is 0 Å². The molecular formula is C6H6O4. The number of hydrogen-bond acceptors (Lipinski definition) is 3. The van der Waals surface area contributed by atoms with E-state index in [-0.39, 0.29) is 6.47 Å². The van der Waals surface area contributed by atoms with Crippen LogP contribution in [0.15, 0.2) is 24.5 Å². The van der Waals surface area contributed by atoms with Crippen LogP contribution in [0.1, 0.15) is 0 Å². The van der Waals surface area contributed by atoms with Crippen molar-refractivity contribution < 1.29 is 19.4 Å². The lowest BCUT2D eigenvalue weighted by molar-refractivity contribution is -0.131.